The monoisotopic (exact) mass is 346 g/mol. The third kappa shape index (κ3) is 3.53. The second kappa shape index (κ2) is 6.63. The minimum atomic E-state index is -4.55. The molecule has 0 spiro atoms. The zero-order chi connectivity index (χ0) is 18.0. The summed E-state index contributed by atoms with van der Waals surface area (Å²) >= 11 is 0. The summed E-state index contributed by atoms with van der Waals surface area (Å²) in [4.78, 5) is 4.15. The van der Waals surface area contributed by atoms with E-state index < -0.39 is 11.7 Å². The largest absolute Gasteiger partial charge is 0.417 e. The summed E-state index contributed by atoms with van der Waals surface area (Å²) in [6.45, 7) is 2.85. The first-order valence-electron chi connectivity index (χ1n) is 7.99. The van der Waals surface area contributed by atoms with Gasteiger partial charge in [-0.15, -0.1) is 0 Å². The minimum Gasteiger partial charge on any atom is -0.382 e. The van der Waals surface area contributed by atoms with E-state index in [2.05, 4.69) is 16.4 Å². The summed E-state index contributed by atoms with van der Waals surface area (Å²) in [5, 5.41) is 12.0. The number of imidazole rings is 1. The van der Waals surface area contributed by atoms with E-state index in [0.717, 1.165) is 30.3 Å². The van der Waals surface area contributed by atoms with Gasteiger partial charge in [0, 0.05) is 18.3 Å². The smallest absolute Gasteiger partial charge is 0.382 e. The molecule has 0 saturated carbocycles. The van der Waals surface area contributed by atoms with E-state index in [-0.39, 0.29) is 11.6 Å². The maximum atomic E-state index is 13.1. The lowest BCUT2D eigenvalue weighted by atomic mass is 10.1. The average Bonchev–Trinajstić information content (AvgIpc) is 3.22. The molecule has 1 N–H and O–H groups in total. The molecule has 7 heteroatoms. The molecule has 0 fully saturated rings. The Morgan fingerprint density at radius 3 is 2.88 bits per heavy atom. The van der Waals surface area contributed by atoms with E-state index in [0.29, 0.717) is 12.1 Å². The van der Waals surface area contributed by atoms with Gasteiger partial charge in [0.2, 0.25) is 0 Å². The molecule has 130 valence electrons. The molecule has 1 aromatic carbocycles. The molecule has 1 aromatic heterocycles. The number of nitrogens with one attached hydrogen (secondary N) is 1. The Kier molecular flexibility index (Phi) is 4.53. The van der Waals surface area contributed by atoms with Crippen molar-refractivity contribution in [2.75, 3.05) is 5.32 Å². The molecule has 0 amide bonds. The first-order valence-corrected chi connectivity index (χ1v) is 7.99. The summed E-state index contributed by atoms with van der Waals surface area (Å²) < 4.78 is 41.2. The second-order valence-corrected chi connectivity index (χ2v) is 5.95. The number of alkyl halides is 3. The third-order valence-electron chi connectivity index (χ3n) is 4.31. The van der Waals surface area contributed by atoms with Crippen molar-refractivity contribution in [1.82, 2.24) is 9.55 Å². The van der Waals surface area contributed by atoms with Gasteiger partial charge in [0.15, 0.2) is 0 Å². The van der Waals surface area contributed by atoms with Gasteiger partial charge in [0.1, 0.15) is 0 Å². The van der Waals surface area contributed by atoms with E-state index in [4.69, 9.17) is 5.26 Å². The van der Waals surface area contributed by atoms with Crippen molar-refractivity contribution in [3.63, 3.8) is 0 Å². The molecule has 1 unspecified atom stereocenters. The van der Waals surface area contributed by atoms with Crippen LogP contribution >= 0.6 is 0 Å². The Hall–Kier alpha value is -2.75. The van der Waals surface area contributed by atoms with Gasteiger partial charge in [0.05, 0.1) is 35.4 Å². The van der Waals surface area contributed by atoms with Gasteiger partial charge in [0.25, 0.3) is 0 Å². The molecule has 0 radical (unpaired) electrons. The average molecular weight is 346 g/mol. The summed E-state index contributed by atoms with van der Waals surface area (Å²) in [6, 6.07) is 5.34. The van der Waals surface area contributed by atoms with Crippen LogP contribution in [-0.2, 0) is 12.7 Å². The minimum absolute atomic E-state index is 0.0178. The van der Waals surface area contributed by atoms with Crippen LogP contribution < -0.4 is 5.32 Å². The van der Waals surface area contributed by atoms with Crippen LogP contribution in [0.5, 0.6) is 0 Å². The van der Waals surface area contributed by atoms with Crippen LogP contribution in [0.2, 0.25) is 0 Å². The van der Waals surface area contributed by atoms with Crippen LogP contribution in [0.4, 0.5) is 18.9 Å². The molecule has 25 heavy (non-hydrogen) atoms. The number of anilines is 1. The van der Waals surface area contributed by atoms with Crippen molar-refractivity contribution >= 4 is 11.3 Å². The van der Waals surface area contributed by atoms with Gasteiger partial charge in [-0.2, -0.15) is 18.4 Å². The van der Waals surface area contributed by atoms with Gasteiger partial charge >= 0.3 is 6.18 Å². The summed E-state index contributed by atoms with van der Waals surface area (Å²) in [5.41, 5.74) is 1.28. The summed E-state index contributed by atoms with van der Waals surface area (Å²) in [7, 11) is 0. The van der Waals surface area contributed by atoms with Crippen molar-refractivity contribution in [3.05, 3.63) is 53.6 Å². The second-order valence-electron chi connectivity index (χ2n) is 5.95. The lowest BCUT2D eigenvalue weighted by Gasteiger charge is -2.17. The lowest BCUT2D eigenvalue weighted by Crippen LogP contribution is -2.17. The topological polar surface area (TPSA) is 53.6 Å². The van der Waals surface area contributed by atoms with E-state index in [1.807, 2.05) is 11.5 Å². The number of nitrogens with zero attached hydrogens (tertiary/aromatic N) is 3. The predicted molar refractivity (Wildman–Crippen MR) is 88.7 cm³/mol. The summed E-state index contributed by atoms with van der Waals surface area (Å²) in [6.07, 6.45) is 2.57. The van der Waals surface area contributed by atoms with Crippen molar-refractivity contribution in [3.8, 4) is 6.07 Å². The Morgan fingerprint density at radius 1 is 1.40 bits per heavy atom. The van der Waals surface area contributed by atoms with Gasteiger partial charge < -0.3 is 9.88 Å². The number of nitriles is 1. The van der Waals surface area contributed by atoms with Crippen LogP contribution in [0, 0.1) is 11.3 Å². The number of rotatable bonds is 4. The number of halogens is 3. The van der Waals surface area contributed by atoms with Crippen molar-refractivity contribution in [2.45, 2.75) is 38.5 Å². The quantitative estimate of drug-likeness (QED) is 0.890. The molecule has 1 atom stereocenters. The predicted octanol–water partition coefficient (Wildman–Crippen LogP) is 4.45. The molecule has 1 heterocycles. The van der Waals surface area contributed by atoms with Crippen LogP contribution in [0.3, 0.4) is 0 Å². The first kappa shape index (κ1) is 17.1. The van der Waals surface area contributed by atoms with E-state index >= 15 is 0 Å². The number of hydrogen-bond donors (Lipinski definition) is 1. The highest BCUT2D eigenvalue weighted by atomic mass is 19.4. The SMILES string of the molecule is CCn1cncc1C1=CCC(Nc2ccc(C#N)c(C(F)(F)F)c2)C1. The normalized spacial score (nSPS) is 17.2. The Balaban J connectivity index is 1.74. The number of aryl methyl sites for hydroxylation is 1. The zero-order valence-electron chi connectivity index (χ0n) is 13.6. The van der Waals surface area contributed by atoms with Crippen molar-refractivity contribution in [2.24, 2.45) is 0 Å². The van der Waals surface area contributed by atoms with Gasteiger partial charge in [-0.1, -0.05) is 6.08 Å². The van der Waals surface area contributed by atoms with Crippen LogP contribution in [0.1, 0.15) is 36.6 Å². The lowest BCUT2D eigenvalue weighted by molar-refractivity contribution is -0.137. The molecule has 0 aliphatic heterocycles. The van der Waals surface area contributed by atoms with Gasteiger partial charge in [-0.05, 0) is 43.5 Å². The maximum Gasteiger partial charge on any atom is 0.417 e. The number of aromatic nitrogens is 2. The highest BCUT2D eigenvalue weighted by molar-refractivity contribution is 5.67. The van der Waals surface area contributed by atoms with Crippen LogP contribution in [-0.4, -0.2) is 15.6 Å². The first-order chi connectivity index (χ1) is 11.9. The molecule has 2 aromatic rings. The number of benzene rings is 1. The fourth-order valence-electron chi connectivity index (χ4n) is 3.08. The van der Waals surface area contributed by atoms with Crippen molar-refractivity contribution < 1.29 is 13.2 Å². The van der Waals surface area contributed by atoms with Gasteiger partial charge in [-0.3, -0.25) is 0 Å². The highest BCUT2D eigenvalue weighted by Gasteiger charge is 2.34. The van der Waals surface area contributed by atoms with E-state index in [9.17, 15) is 13.2 Å². The standard InChI is InChI=1S/C18H17F3N4/c1-2-25-11-23-10-17(25)12-3-5-14(7-12)24-15-6-4-13(9-22)16(8-15)18(19,20)21/h3-4,6,8,10-11,14,24H,2,5,7H2,1H3. The van der Waals surface area contributed by atoms with Gasteiger partial charge in [-0.25, -0.2) is 4.98 Å². The molecule has 0 bridgehead atoms. The fourth-order valence-corrected chi connectivity index (χ4v) is 3.08. The van der Waals surface area contributed by atoms with Crippen LogP contribution in [0.15, 0.2) is 36.8 Å². The molecular weight excluding hydrogens is 329 g/mol. The van der Waals surface area contributed by atoms with E-state index in [1.54, 1.807) is 18.6 Å². The van der Waals surface area contributed by atoms with Crippen molar-refractivity contribution in [1.29, 1.82) is 5.26 Å². The third-order valence-corrected chi connectivity index (χ3v) is 4.31. The van der Waals surface area contributed by atoms with E-state index in [1.165, 1.54) is 12.1 Å². The molecule has 3 rings (SSSR count). The van der Waals surface area contributed by atoms with Crippen LogP contribution in [0.25, 0.3) is 5.57 Å². The molecule has 1 aliphatic carbocycles. The molecule has 1 aliphatic rings. The Bertz CT molecular complexity index is 843. The fraction of sp³-hybridized carbons (Fsp3) is 0.333. The number of hydrogen-bond acceptors (Lipinski definition) is 3. The molecule has 4 nitrogen and oxygen atoms in total. The molecular formula is C18H17F3N4. The highest BCUT2D eigenvalue weighted by Crippen LogP contribution is 2.35. The molecule has 0 saturated heterocycles. The Morgan fingerprint density at radius 2 is 2.20 bits per heavy atom. The Labute approximate surface area is 143 Å². The maximum absolute atomic E-state index is 13.1. The zero-order valence-corrected chi connectivity index (χ0v) is 13.6. The summed E-state index contributed by atoms with van der Waals surface area (Å²) in [5.74, 6) is 0.